The summed E-state index contributed by atoms with van der Waals surface area (Å²) in [7, 11) is 0. The number of carbonyl (C=O) groups is 1. The van der Waals surface area contributed by atoms with E-state index in [0.29, 0.717) is 11.6 Å². The zero-order valence-electron chi connectivity index (χ0n) is 10.3. The number of benzene rings is 1. The molecule has 1 N–H and O–H groups in total. The highest BCUT2D eigenvalue weighted by Gasteiger charge is 2.23. The van der Waals surface area contributed by atoms with Crippen LogP contribution in [0.5, 0.6) is 0 Å². The third-order valence-corrected chi connectivity index (χ3v) is 2.88. The molecular formula is C14H15NO3. The van der Waals surface area contributed by atoms with Crippen LogP contribution in [-0.4, -0.2) is 16.2 Å². The van der Waals surface area contributed by atoms with E-state index in [1.165, 1.54) is 6.07 Å². The number of nitrogens with zero attached hydrogens (tertiary/aromatic N) is 1. The quantitative estimate of drug-likeness (QED) is 0.898. The highest BCUT2D eigenvalue weighted by Crippen LogP contribution is 2.31. The highest BCUT2D eigenvalue weighted by atomic mass is 16.5. The number of hydrogen-bond donors (Lipinski definition) is 1. The zero-order valence-corrected chi connectivity index (χ0v) is 10.3. The Hall–Kier alpha value is -2.10. The van der Waals surface area contributed by atoms with Gasteiger partial charge < -0.3 is 9.63 Å². The second-order valence-electron chi connectivity index (χ2n) is 4.55. The molecule has 1 aromatic carbocycles. The van der Waals surface area contributed by atoms with Crippen molar-refractivity contribution in [3.05, 3.63) is 53.4 Å². The molecule has 1 heterocycles. The van der Waals surface area contributed by atoms with Gasteiger partial charge in [0, 0.05) is 12.0 Å². The first-order valence-corrected chi connectivity index (χ1v) is 5.84. The van der Waals surface area contributed by atoms with Crippen molar-refractivity contribution in [3.8, 4) is 0 Å². The van der Waals surface area contributed by atoms with Gasteiger partial charge in [0.1, 0.15) is 0 Å². The van der Waals surface area contributed by atoms with Crippen molar-refractivity contribution >= 4 is 5.97 Å². The second kappa shape index (κ2) is 5.04. The predicted octanol–water partition coefficient (Wildman–Crippen LogP) is 3.16. The lowest BCUT2D eigenvalue weighted by Gasteiger charge is -2.18. The Kier molecular flexibility index (Phi) is 3.46. The fourth-order valence-electron chi connectivity index (χ4n) is 2.09. The van der Waals surface area contributed by atoms with E-state index in [1.54, 1.807) is 0 Å². The molecule has 0 aliphatic rings. The number of rotatable bonds is 4. The largest absolute Gasteiger partial charge is 0.475 e. The van der Waals surface area contributed by atoms with E-state index in [2.05, 4.69) is 19.0 Å². The summed E-state index contributed by atoms with van der Waals surface area (Å²) < 4.78 is 4.83. The Balaban J connectivity index is 2.39. The second-order valence-corrected chi connectivity index (χ2v) is 4.55. The van der Waals surface area contributed by atoms with Crippen LogP contribution >= 0.6 is 0 Å². The Bertz CT molecular complexity index is 531. The lowest BCUT2D eigenvalue weighted by atomic mass is 9.86. The van der Waals surface area contributed by atoms with Gasteiger partial charge in [-0.3, -0.25) is 0 Å². The first-order valence-electron chi connectivity index (χ1n) is 5.84. The summed E-state index contributed by atoms with van der Waals surface area (Å²) in [6, 6.07) is 11.4. The molecule has 2 rings (SSSR count). The third-order valence-electron chi connectivity index (χ3n) is 2.88. The summed E-state index contributed by atoms with van der Waals surface area (Å²) in [5.41, 5.74) is 1.77. The Labute approximate surface area is 105 Å². The zero-order chi connectivity index (χ0) is 13.1. The fourth-order valence-corrected chi connectivity index (χ4v) is 2.09. The summed E-state index contributed by atoms with van der Waals surface area (Å²) in [5, 5.41) is 12.7. The van der Waals surface area contributed by atoms with Gasteiger partial charge in [-0.15, -0.1) is 0 Å². The van der Waals surface area contributed by atoms with Gasteiger partial charge in [-0.2, -0.15) is 0 Å². The van der Waals surface area contributed by atoms with E-state index in [-0.39, 0.29) is 11.7 Å². The Morgan fingerprint density at radius 1 is 1.28 bits per heavy atom. The van der Waals surface area contributed by atoms with E-state index in [1.807, 2.05) is 30.3 Å². The third kappa shape index (κ3) is 2.42. The number of carboxylic acids is 1. The van der Waals surface area contributed by atoms with Crippen LogP contribution in [0.25, 0.3) is 0 Å². The molecule has 1 aromatic heterocycles. The van der Waals surface area contributed by atoms with Crippen LogP contribution in [-0.2, 0) is 0 Å². The van der Waals surface area contributed by atoms with Crippen molar-refractivity contribution in [2.75, 3.05) is 0 Å². The van der Waals surface area contributed by atoms with Crippen molar-refractivity contribution in [1.29, 1.82) is 0 Å². The average molecular weight is 245 g/mol. The van der Waals surface area contributed by atoms with Crippen LogP contribution in [0.2, 0.25) is 0 Å². The normalized spacial score (nSPS) is 12.6. The smallest absolute Gasteiger partial charge is 0.374 e. The molecule has 1 unspecified atom stereocenters. The molecule has 4 nitrogen and oxygen atoms in total. The van der Waals surface area contributed by atoms with E-state index in [0.717, 1.165) is 5.56 Å². The fraction of sp³-hybridized carbons (Fsp3) is 0.286. The minimum Gasteiger partial charge on any atom is -0.475 e. The number of aromatic nitrogens is 1. The molecule has 94 valence electrons. The maximum absolute atomic E-state index is 10.8. The Morgan fingerprint density at radius 3 is 2.44 bits per heavy atom. The molecule has 0 fully saturated rings. The van der Waals surface area contributed by atoms with Gasteiger partial charge in [0.2, 0.25) is 5.76 Å². The maximum Gasteiger partial charge on any atom is 0.374 e. The van der Waals surface area contributed by atoms with Crippen LogP contribution in [0, 0.1) is 5.92 Å². The molecule has 0 saturated carbocycles. The molecule has 0 radical (unpaired) electrons. The van der Waals surface area contributed by atoms with Crippen LogP contribution in [0.1, 0.15) is 41.6 Å². The summed E-state index contributed by atoms with van der Waals surface area (Å²) in [6.07, 6.45) is 0. The molecule has 0 aliphatic heterocycles. The van der Waals surface area contributed by atoms with Gasteiger partial charge in [-0.1, -0.05) is 49.3 Å². The summed E-state index contributed by atoms with van der Waals surface area (Å²) in [4.78, 5) is 10.8. The SMILES string of the molecule is CC(C)C(c1ccccc1)c1cc(C(=O)O)on1. The molecule has 2 aromatic rings. The monoisotopic (exact) mass is 245 g/mol. The van der Waals surface area contributed by atoms with E-state index < -0.39 is 5.97 Å². The molecule has 0 saturated heterocycles. The minimum atomic E-state index is -1.09. The Morgan fingerprint density at radius 2 is 1.94 bits per heavy atom. The van der Waals surface area contributed by atoms with Crippen LogP contribution in [0.4, 0.5) is 0 Å². The number of hydrogen-bond acceptors (Lipinski definition) is 3. The topological polar surface area (TPSA) is 63.3 Å². The van der Waals surface area contributed by atoms with Gasteiger partial charge in [0.15, 0.2) is 0 Å². The minimum absolute atomic E-state index is 0.0445. The molecule has 4 heteroatoms. The van der Waals surface area contributed by atoms with Gasteiger partial charge in [-0.25, -0.2) is 4.79 Å². The molecule has 0 amide bonds. The van der Waals surface area contributed by atoms with E-state index >= 15 is 0 Å². The summed E-state index contributed by atoms with van der Waals surface area (Å²) in [6.45, 7) is 4.15. The summed E-state index contributed by atoms with van der Waals surface area (Å²) >= 11 is 0. The van der Waals surface area contributed by atoms with Gasteiger partial charge in [0.05, 0.1) is 5.69 Å². The van der Waals surface area contributed by atoms with Crippen LogP contribution < -0.4 is 0 Å². The molecule has 18 heavy (non-hydrogen) atoms. The lowest BCUT2D eigenvalue weighted by molar-refractivity contribution is 0.0652. The predicted molar refractivity (Wildman–Crippen MR) is 66.6 cm³/mol. The first kappa shape index (κ1) is 12.4. The number of carboxylic acid groups (broad SMARTS) is 1. The van der Waals surface area contributed by atoms with Crippen molar-refractivity contribution in [2.24, 2.45) is 5.92 Å². The molecule has 1 atom stereocenters. The van der Waals surface area contributed by atoms with Crippen molar-refractivity contribution in [3.63, 3.8) is 0 Å². The van der Waals surface area contributed by atoms with E-state index in [9.17, 15) is 4.79 Å². The standard InChI is InChI=1S/C14H15NO3/c1-9(2)13(10-6-4-3-5-7-10)11-8-12(14(16)17)18-15-11/h3-9,13H,1-2H3,(H,16,17). The number of aromatic carboxylic acids is 1. The average Bonchev–Trinajstić information content (AvgIpc) is 2.79. The van der Waals surface area contributed by atoms with Crippen molar-refractivity contribution in [2.45, 2.75) is 19.8 Å². The van der Waals surface area contributed by atoms with Crippen molar-refractivity contribution < 1.29 is 14.4 Å². The van der Waals surface area contributed by atoms with Gasteiger partial charge in [-0.05, 0) is 11.5 Å². The van der Waals surface area contributed by atoms with Crippen molar-refractivity contribution in [1.82, 2.24) is 5.16 Å². The molecular weight excluding hydrogens is 230 g/mol. The molecule has 0 spiro atoms. The molecule has 0 aliphatic carbocycles. The van der Waals surface area contributed by atoms with Crippen LogP contribution in [0.15, 0.2) is 40.9 Å². The van der Waals surface area contributed by atoms with Gasteiger partial charge >= 0.3 is 5.97 Å². The maximum atomic E-state index is 10.8. The first-order chi connectivity index (χ1) is 8.59. The highest BCUT2D eigenvalue weighted by molar-refractivity contribution is 5.84. The summed E-state index contributed by atoms with van der Waals surface area (Å²) in [5.74, 6) is -0.863. The van der Waals surface area contributed by atoms with Gasteiger partial charge in [0.25, 0.3) is 0 Å². The molecule has 0 bridgehead atoms. The lowest BCUT2D eigenvalue weighted by Crippen LogP contribution is -2.08. The van der Waals surface area contributed by atoms with E-state index in [4.69, 9.17) is 9.63 Å². The van der Waals surface area contributed by atoms with Crippen LogP contribution in [0.3, 0.4) is 0 Å².